The van der Waals surface area contributed by atoms with Crippen molar-refractivity contribution in [1.82, 2.24) is 5.32 Å². The Morgan fingerprint density at radius 2 is 2.20 bits per heavy atom. The fourth-order valence-electron chi connectivity index (χ4n) is 4.01. The molecule has 0 aromatic rings. The average Bonchev–Trinajstić information content (AvgIpc) is 2.37. The maximum atomic E-state index is 6.22. The summed E-state index contributed by atoms with van der Waals surface area (Å²) in [5.74, 6) is 2.91. The molecule has 116 valence electrons. The summed E-state index contributed by atoms with van der Waals surface area (Å²) in [6, 6.07) is 0. The van der Waals surface area contributed by atoms with Gasteiger partial charge in [0.1, 0.15) is 0 Å². The van der Waals surface area contributed by atoms with Gasteiger partial charge < -0.3 is 10.1 Å². The molecule has 0 radical (unpaired) electrons. The van der Waals surface area contributed by atoms with Crippen molar-refractivity contribution in [3.63, 3.8) is 0 Å². The quantitative estimate of drug-likeness (QED) is 0.768. The van der Waals surface area contributed by atoms with Gasteiger partial charge in [-0.25, -0.2) is 0 Å². The standard InChI is InChI=1S/C18H33NO/c1-13(2)11-19-12-16-6-5-7-20-18(16)17-9-14(3)8-15(4)10-17/h8,13-14,16-19H,5-7,9-12H2,1-4H3. The lowest BCUT2D eigenvalue weighted by molar-refractivity contribution is -0.0649. The number of ether oxygens (including phenoxy) is 1. The van der Waals surface area contributed by atoms with E-state index in [1.165, 1.54) is 25.7 Å². The van der Waals surface area contributed by atoms with Crippen LogP contribution in [0.2, 0.25) is 0 Å². The van der Waals surface area contributed by atoms with Crippen LogP contribution in [0.1, 0.15) is 53.4 Å². The minimum Gasteiger partial charge on any atom is -0.378 e. The second-order valence-electron chi connectivity index (χ2n) is 7.48. The van der Waals surface area contributed by atoms with Gasteiger partial charge >= 0.3 is 0 Å². The van der Waals surface area contributed by atoms with Crippen LogP contribution in [0.4, 0.5) is 0 Å². The van der Waals surface area contributed by atoms with Gasteiger partial charge in [-0.1, -0.05) is 32.4 Å². The normalized spacial score (nSPS) is 35.1. The third-order valence-corrected chi connectivity index (χ3v) is 4.75. The molecule has 2 rings (SSSR count). The fourth-order valence-corrected chi connectivity index (χ4v) is 4.01. The van der Waals surface area contributed by atoms with Gasteiger partial charge in [0.05, 0.1) is 6.10 Å². The van der Waals surface area contributed by atoms with Crippen LogP contribution in [-0.4, -0.2) is 25.8 Å². The summed E-state index contributed by atoms with van der Waals surface area (Å²) < 4.78 is 6.22. The summed E-state index contributed by atoms with van der Waals surface area (Å²) in [4.78, 5) is 0. The average molecular weight is 279 g/mol. The van der Waals surface area contributed by atoms with E-state index >= 15 is 0 Å². The van der Waals surface area contributed by atoms with E-state index in [1.54, 1.807) is 5.57 Å². The predicted molar refractivity (Wildman–Crippen MR) is 85.8 cm³/mol. The Morgan fingerprint density at radius 1 is 1.40 bits per heavy atom. The highest BCUT2D eigenvalue weighted by Crippen LogP contribution is 2.36. The minimum atomic E-state index is 0.481. The Morgan fingerprint density at radius 3 is 2.90 bits per heavy atom. The lowest BCUT2D eigenvalue weighted by Gasteiger charge is -2.40. The Labute approximate surface area is 125 Å². The van der Waals surface area contributed by atoms with Crippen LogP contribution in [0.3, 0.4) is 0 Å². The van der Waals surface area contributed by atoms with Crippen molar-refractivity contribution in [3.8, 4) is 0 Å². The first kappa shape index (κ1) is 16.0. The van der Waals surface area contributed by atoms with Gasteiger partial charge in [0, 0.05) is 13.2 Å². The summed E-state index contributed by atoms with van der Waals surface area (Å²) in [6.45, 7) is 12.4. The zero-order valence-electron chi connectivity index (χ0n) is 13.8. The Balaban J connectivity index is 1.91. The molecule has 20 heavy (non-hydrogen) atoms. The number of hydrogen-bond donors (Lipinski definition) is 1. The SMILES string of the molecule is CC1=CC(C)CC(C2OCCCC2CNCC(C)C)C1. The number of nitrogens with one attached hydrogen (secondary N) is 1. The van der Waals surface area contributed by atoms with Gasteiger partial charge in [0.2, 0.25) is 0 Å². The molecule has 4 unspecified atom stereocenters. The van der Waals surface area contributed by atoms with E-state index in [-0.39, 0.29) is 0 Å². The van der Waals surface area contributed by atoms with Crippen molar-refractivity contribution in [2.45, 2.75) is 59.5 Å². The summed E-state index contributed by atoms with van der Waals surface area (Å²) in [7, 11) is 0. The molecule has 0 aromatic heterocycles. The van der Waals surface area contributed by atoms with Gasteiger partial charge in [0.15, 0.2) is 0 Å². The van der Waals surface area contributed by atoms with Crippen LogP contribution in [-0.2, 0) is 4.74 Å². The first-order valence-corrected chi connectivity index (χ1v) is 8.56. The number of rotatable bonds is 5. The Kier molecular flexibility index (Phi) is 6.10. The van der Waals surface area contributed by atoms with E-state index in [9.17, 15) is 0 Å². The Bertz CT molecular complexity index is 323. The highest BCUT2D eigenvalue weighted by atomic mass is 16.5. The summed E-state index contributed by atoms with van der Waals surface area (Å²) in [5, 5.41) is 3.65. The summed E-state index contributed by atoms with van der Waals surface area (Å²) in [5.41, 5.74) is 1.57. The molecule has 0 amide bonds. The molecular weight excluding hydrogens is 246 g/mol. The zero-order valence-corrected chi connectivity index (χ0v) is 13.8. The molecule has 1 heterocycles. The molecule has 0 saturated carbocycles. The molecule has 0 spiro atoms. The zero-order chi connectivity index (χ0) is 14.5. The first-order valence-electron chi connectivity index (χ1n) is 8.56. The molecule has 4 atom stereocenters. The van der Waals surface area contributed by atoms with Gasteiger partial charge in [-0.15, -0.1) is 0 Å². The van der Waals surface area contributed by atoms with E-state index in [0.29, 0.717) is 12.0 Å². The van der Waals surface area contributed by atoms with Crippen molar-refractivity contribution < 1.29 is 4.74 Å². The van der Waals surface area contributed by atoms with Crippen LogP contribution in [0.15, 0.2) is 11.6 Å². The monoisotopic (exact) mass is 279 g/mol. The summed E-state index contributed by atoms with van der Waals surface area (Å²) >= 11 is 0. The molecule has 1 fully saturated rings. The third-order valence-electron chi connectivity index (χ3n) is 4.75. The van der Waals surface area contributed by atoms with Crippen molar-refractivity contribution >= 4 is 0 Å². The van der Waals surface area contributed by atoms with Crippen LogP contribution in [0.5, 0.6) is 0 Å². The van der Waals surface area contributed by atoms with Crippen LogP contribution in [0.25, 0.3) is 0 Å². The van der Waals surface area contributed by atoms with Crippen molar-refractivity contribution in [2.24, 2.45) is 23.7 Å². The van der Waals surface area contributed by atoms with E-state index in [4.69, 9.17) is 4.74 Å². The van der Waals surface area contributed by atoms with Gasteiger partial charge in [-0.2, -0.15) is 0 Å². The van der Waals surface area contributed by atoms with Crippen LogP contribution < -0.4 is 5.32 Å². The van der Waals surface area contributed by atoms with E-state index in [2.05, 4.69) is 39.1 Å². The molecule has 2 aliphatic rings. The van der Waals surface area contributed by atoms with Crippen molar-refractivity contribution in [2.75, 3.05) is 19.7 Å². The molecule has 1 aliphatic heterocycles. The molecule has 1 saturated heterocycles. The maximum absolute atomic E-state index is 6.22. The van der Waals surface area contributed by atoms with Gasteiger partial charge in [0.25, 0.3) is 0 Å². The Hall–Kier alpha value is -0.340. The number of hydrogen-bond acceptors (Lipinski definition) is 2. The highest BCUT2D eigenvalue weighted by Gasteiger charge is 2.34. The maximum Gasteiger partial charge on any atom is 0.0646 e. The molecule has 2 nitrogen and oxygen atoms in total. The largest absolute Gasteiger partial charge is 0.378 e. The lowest BCUT2D eigenvalue weighted by atomic mass is 9.75. The second kappa shape index (κ2) is 7.61. The van der Waals surface area contributed by atoms with E-state index in [0.717, 1.165) is 37.5 Å². The van der Waals surface area contributed by atoms with Crippen LogP contribution >= 0.6 is 0 Å². The fraction of sp³-hybridized carbons (Fsp3) is 0.889. The molecular formula is C18H33NO. The molecule has 0 bridgehead atoms. The van der Waals surface area contributed by atoms with Gasteiger partial charge in [-0.3, -0.25) is 0 Å². The third kappa shape index (κ3) is 4.60. The van der Waals surface area contributed by atoms with Crippen molar-refractivity contribution in [1.29, 1.82) is 0 Å². The molecule has 1 N–H and O–H groups in total. The van der Waals surface area contributed by atoms with Gasteiger partial charge in [-0.05, 0) is 62.8 Å². The van der Waals surface area contributed by atoms with E-state index < -0.39 is 0 Å². The molecule has 0 aromatic carbocycles. The van der Waals surface area contributed by atoms with Crippen LogP contribution in [0, 0.1) is 23.7 Å². The van der Waals surface area contributed by atoms with Crippen molar-refractivity contribution in [3.05, 3.63) is 11.6 Å². The predicted octanol–water partition coefficient (Wildman–Crippen LogP) is 4.02. The highest BCUT2D eigenvalue weighted by molar-refractivity contribution is 5.08. The lowest BCUT2D eigenvalue weighted by Crippen LogP contribution is -2.43. The smallest absolute Gasteiger partial charge is 0.0646 e. The molecule has 2 heteroatoms. The topological polar surface area (TPSA) is 21.3 Å². The number of allylic oxidation sites excluding steroid dienone is 2. The molecule has 1 aliphatic carbocycles. The summed E-state index contributed by atoms with van der Waals surface area (Å²) in [6.07, 6.45) is 8.06. The second-order valence-corrected chi connectivity index (χ2v) is 7.48. The minimum absolute atomic E-state index is 0.481. The first-order chi connectivity index (χ1) is 9.56. The van der Waals surface area contributed by atoms with E-state index in [1.807, 2.05) is 0 Å².